The molecule has 164 valence electrons. The van der Waals surface area contributed by atoms with Gasteiger partial charge in [-0.15, -0.1) is 0 Å². The van der Waals surface area contributed by atoms with Gasteiger partial charge in [0.15, 0.2) is 5.76 Å². The number of nitrogens with one attached hydrogen (secondary N) is 1. The Bertz CT molecular complexity index is 1130. The summed E-state index contributed by atoms with van der Waals surface area (Å²) in [6.45, 7) is 1.69. The number of hydrogen-bond acceptors (Lipinski definition) is 4. The molecule has 0 radical (unpaired) electrons. The van der Waals surface area contributed by atoms with Gasteiger partial charge in [0.05, 0.1) is 0 Å². The zero-order valence-corrected chi connectivity index (χ0v) is 17.8. The molecular weight excluding hydrogens is 406 g/mol. The largest absolute Gasteiger partial charge is 0.451 e. The smallest absolute Gasteiger partial charge is 0.287 e. The van der Waals surface area contributed by atoms with E-state index in [1.807, 2.05) is 53.4 Å². The van der Waals surface area contributed by atoms with E-state index in [0.717, 1.165) is 36.1 Å². The van der Waals surface area contributed by atoms with Crippen LogP contribution in [0.25, 0.3) is 11.0 Å². The number of carbonyl (C=O) groups excluding carboxylic acids is 3. The first-order chi connectivity index (χ1) is 15.6. The van der Waals surface area contributed by atoms with Crippen molar-refractivity contribution < 1.29 is 18.8 Å². The van der Waals surface area contributed by atoms with Gasteiger partial charge < -0.3 is 19.5 Å². The van der Waals surface area contributed by atoms with Gasteiger partial charge in [0.25, 0.3) is 5.91 Å². The van der Waals surface area contributed by atoms with Crippen LogP contribution in [0.1, 0.15) is 36.2 Å². The molecule has 32 heavy (non-hydrogen) atoms. The summed E-state index contributed by atoms with van der Waals surface area (Å²) >= 11 is 0. The molecule has 2 aliphatic heterocycles. The van der Waals surface area contributed by atoms with E-state index < -0.39 is 0 Å². The number of amides is 3. The van der Waals surface area contributed by atoms with Crippen LogP contribution in [0.2, 0.25) is 0 Å². The second kappa shape index (κ2) is 8.49. The average Bonchev–Trinajstić information content (AvgIpc) is 3.41. The van der Waals surface area contributed by atoms with Crippen LogP contribution in [0.3, 0.4) is 0 Å². The monoisotopic (exact) mass is 431 g/mol. The number of fused-ring (bicyclic) bond motifs is 1. The van der Waals surface area contributed by atoms with Gasteiger partial charge in [-0.25, -0.2) is 0 Å². The first kappa shape index (κ1) is 20.3. The fourth-order valence-corrected chi connectivity index (χ4v) is 4.48. The van der Waals surface area contributed by atoms with E-state index >= 15 is 0 Å². The number of rotatable bonds is 5. The third kappa shape index (κ3) is 3.98. The van der Waals surface area contributed by atoms with Crippen LogP contribution in [-0.4, -0.2) is 37.4 Å². The molecular formula is C25H25N3O4. The van der Waals surface area contributed by atoms with Crippen molar-refractivity contribution in [3.8, 4) is 0 Å². The van der Waals surface area contributed by atoms with Crippen molar-refractivity contribution in [3.63, 3.8) is 0 Å². The molecule has 3 aromatic rings. The van der Waals surface area contributed by atoms with Crippen molar-refractivity contribution in [3.05, 3.63) is 60.4 Å². The maximum Gasteiger partial charge on any atom is 0.287 e. The van der Waals surface area contributed by atoms with Gasteiger partial charge >= 0.3 is 0 Å². The van der Waals surface area contributed by atoms with Gasteiger partial charge in [-0.3, -0.25) is 14.4 Å². The molecule has 0 saturated carbocycles. The lowest BCUT2D eigenvalue weighted by molar-refractivity contribution is -0.119. The summed E-state index contributed by atoms with van der Waals surface area (Å²) in [5.41, 5.74) is 2.36. The van der Waals surface area contributed by atoms with Gasteiger partial charge in [-0.1, -0.05) is 18.2 Å². The Kier molecular flexibility index (Phi) is 5.39. The number of nitrogens with zero attached hydrogens (tertiary/aromatic N) is 2. The number of para-hydroxylation sites is 1. The summed E-state index contributed by atoms with van der Waals surface area (Å²) in [5, 5.41) is 3.78. The number of benzene rings is 2. The molecule has 3 amide bonds. The van der Waals surface area contributed by atoms with Crippen LogP contribution < -0.4 is 15.1 Å². The standard InChI is InChI=1S/C25H25N3O4/c29-23-7-3-4-12-27(23)19-8-10-20(11-9-19)28-16-17(13-24(28)30)15-26-25(31)22-14-18-5-1-2-6-21(18)32-22/h1-2,5-6,8-11,14,17H,3-4,7,12-13,15-16H2,(H,26,31). The van der Waals surface area contributed by atoms with E-state index in [1.54, 1.807) is 11.0 Å². The zero-order valence-electron chi connectivity index (χ0n) is 17.8. The Morgan fingerprint density at radius 1 is 0.969 bits per heavy atom. The number of carbonyl (C=O) groups is 3. The van der Waals surface area contributed by atoms with Gasteiger partial charge in [0.2, 0.25) is 11.8 Å². The van der Waals surface area contributed by atoms with Crippen LogP contribution in [0, 0.1) is 5.92 Å². The highest BCUT2D eigenvalue weighted by Gasteiger charge is 2.31. The summed E-state index contributed by atoms with van der Waals surface area (Å²) in [6, 6.07) is 16.8. The highest BCUT2D eigenvalue weighted by molar-refractivity contribution is 5.98. The third-order valence-corrected chi connectivity index (χ3v) is 6.20. The molecule has 0 spiro atoms. The van der Waals surface area contributed by atoms with Gasteiger partial charge in [0.1, 0.15) is 5.58 Å². The van der Waals surface area contributed by atoms with E-state index in [-0.39, 0.29) is 29.4 Å². The van der Waals surface area contributed by atoms with E-state index in [1.165, 1.54) is 0 Å². The summed E-state index contributed by atoms with van der Waals surface area (Å²) < 4.78 is 5.61. The zero-order chi connectivity index (χ0) is 22.1. The third-order valence-electron chi connectivity index (χ3n) is 6.20. The van der Waals surface area contributed by atoms with E-state index in [4.69, 9.17) is 4.42 Å². The van der Waals surface area contributed by atoms with Crippen molar-refractivity contribution in [1.29, 1.82) is 0 Å². The Morgan fingerprint density at radius 3 is 2.47 bits per heavy atom. The van der Waals surface area contributed by atoms with Gasteiger partial charge in [-0.2, -0.15) is 0 Å². The first-order valence-electron chi connectivity index (χ1n) is 11.1. The summed E-state index contributed by atoms with van der Waals surface area (Å²) in [6.07, 6.45) is 2.93. The van der Waals surface area contributed by atoms with E-state index in [2.05, 4.69) is 5.32 Å². The molecule has 1 atom stereocenters. The number of piperidine rings is 1. The molecule has 7 heteroatoms. The average molecular weight is 431 g/mol. The first-order valence-corrected chi connectivity index (χ1v) is 11.1. The number of furan rings is 1. The van der Waals surface area contributed by atoms with Crippen LogP contribution in [0.15, 0.2) is 59.0 Å². The molecule has 5 rings (SSSR count). The van der Waals surface area contributed by atoms with Crippen LogP contribution >= 0.6 is 0 Å². The summed E-state index contributed by atoms with van der Waals surface area (Å²) in [7, 11) is 0. The van der Waals surface area contributed by atoms with E-state index in [0.29, 0.717) is 31.5 Å². The quantitative estimate of drug-likeness (QED) is 0.667. The van der Waals surface area contributed by atoms with Crippen molar-refractivity contribution in [2.24, 2.45) is 5.92 Å². The fourth-order valence-electron chi connectivity index (χ4n) is 4.48. The summed E-state index contributed by atoms with van der Waals surface area (Å²) in [4.78, 5) is 40.8. The molecule has 2 aromatic carbocycles. The van der Waals surface area contributed by atoms with Crippen LogP contribution in [-0.2, 0) is 9.59 Å². The Balaban J connectivity index is 1.19. The normalized spacial score (nSPS) is 19.1. The maximum absolute atomic E-state index is 12.6. The topological polar surface area (TPSA) is 82.9 Å². The minimum absolute atomic E-state index is 0.0270. The molecule has 2 saturated heterocycles. The SMILES string of the molecule is O=C(NCC1CC(=O)N(c2ccc(N3CCCCC3=O)cc2)C1)c1cc2ccccc2o1. The molecule has 0 aliphatic carbocycles. The lowest BCUT2D eigenvalue weighted by Gasteiger charge is -2.27. The van der Waals surface area contributed by atoms with Crippen molar-refractivity contribution >= 4 is 40.1 Å². The maximum atomic E-state index is 12.6. The Hall–Kier alpha value is -3.61. The van der Waals surface area contributed by atoms with E-state index in [9.17, 15) is 14.4 Å². The lowest BCUT2D eigenvalue weighted by Crippen LogP contribution is -2.35. The predicted octanol–water partition coefficient (Wildman–Crippen LogP) is 3.73. The minimum Gasteiger partial charge on any atom is -0.451 e. The van der Waals surface area contributed by atoms with Crippen molar-refractivity contribution in [2.75, 3.05) is 29.4 Å². The Labute approximate surface area is 186 Å². The molecule has 7 nitrogen and oxygen atoms in total. The molecule has 3 heterocycles. The fraction of sp³-hybridized carbons (Fsp3) is 0.320. The van der Waals surface area contributed by atoms with Crippen LogP contribution in [0.4, 0.5) is 11.4 Å². The molecule has 0 bridgehead atoms. The molecule has 1 unspecified atom stereocenters. The minimum atomic E-state index is -0.275. The Morgan fingerprint density at radius 2 is 1.72 bits per heavy atom. The molecule has 1 N–H and O–H groups in total. The highest BCUT2D eigenvalue weighted by atomic mass is 16.3. The highest BCUT2D eigenvalue weighted by Crippen LogP contribution is 2.28. The van der Waals surface area contributed by atoms with Crippen molar-refractivity contribution in [1.82, 2.24) is 5.32 Å². The second-order valence-electron chi connectivity index (χ2n) is 8.45. The van der Waals surface area contributed by atoms with Crippen LogP contribution in [0.5, 0.6) is 0 Å². The lowest BCUT2D eigenvalue weighted by atomic mass is 10.1. The van der Waals surface area contributed by atoms with Crippen molar-refractivity contribution in [2.45, 2.75) is 25.7 Å². The number of anilines is 2. The van der Waals surface area contributed by atoms with Gasteiger partial charge in [0, 0.05) is 55.2 Å². The second-order valence-corrected chi connectivity index (χ2v) is 8.45. The van der Waals surface area contributed by atoms with Gasteiger partial charge in [-0.05, 0) is 49.2 Å². The number of hydrogen-bond donors (Lipinski definition) is 1. The molecule has 2 fully saturated rings. The molecule has 1 aromatic heterocycles. The predicted molar refractivity (Wildman–Crippen MR) is 122 cm³/mol. The molecule has 2 aliphatic rings. The summed E-state index contributed by atoms with van der Waals surface area (Å²) in [5.74, 6) is 0.216.